The van der Waals surface area contributed by atoms with Gasteiger partial charge in [0.2, 0.25) is 0 Å². The zero-order chi connectivity index (χ0) is 13.9. The highest BCUT2D eigenvalue weighted by Crippen LogP contribution is 2.33. The molecule has 1 aromatic rings. The number of nitrogens with zero attached hydrogens (tertiary/aromatic N) is 2. The number of ether oxygens (including phenoxy) is 1. The molecule has 1 saturated heterocycles. The van der Waals surface area contributed by atoms with Gasteiger partial charge in [0.1, 0.15) is 0 Å². The van der Waals surface area contributed by atoms with Crippen molar-refractivity contribution in [3.05, 3.63) is 30.1 Å². The second-order valence-electron chi connectivity index (χ2n) is 5.81. The van der Waals surface area contributed by atoms with E-state index >= 15 is 0 Å². The van der Waals surface area contributed by atoms with E-state index < -0.39 is 0 Å². The van der Waals surface area contributed by atoms with Gasteiger partial charge in [-0.3, -0.25) is 9.88 Å². The van der Waals surface area contributed by atoms with Crippen LogP contribution in [0.1, 0.15) is 32.3 Å². The summed E-state index contributed by atoms with van der Waals surface area (Å²) in [7, 11) is 2.16. The maximum Gasteiger partial charge on any atom is 0.0568 e. The Balaban J connectivity index is 2.11. The Morgan fingerprint density at radius 3 is 2.42 bits per heavy atom. The number of rotatable bonds is 4. The predicted molar refractivity (Wildman–Crippen MR) is 76.7 cm³/mol. The van der Waals surface area contributed by atoms with Crippen molar-refractivity contribution in [3.8, 4) is 0 Å². The van der Waals surface area contributed by atoms with Crippen molar-refractivity contribution in [1.82, 2.24) is 9.88 Å². The Hall–Kier alpha value is -0.970. The number of nitrogens with two attached hydrogens (primary N) is 1. The van der Waals surface area contributed by atoms with E-state index in [9.17, 15) is 0 Å². The first-order chi connectivity index (χ1) is 9.05. The van der Waals surface area contributed by atoms with Gasteiger partial charge in [-0.1, -0.05) is 0 Å². The van der Waals surface area contributed by atoms with Crippen molar-refractivity contribution >= 4 is 0 Å². The van der Waals surface area contributed by atoms with Crippen LogP contribution in [0.25, 0.3) is 0 Å². The van der Waals surface area contributed by atoms with Gasteiger partial charge in [-0.25, -0.2) is 0 Å². The Morgan fingerprint density at radius 1 is 1.32 bits per heavy atom. The molecule has 0 aliphatic carbocycles. The van der Waals surface area contributed by atoms with Gasteiger partial charge in [0.05, 0.1) is 12.2 Å². The van der Waals surface area contributed by atoms with Crippen LogP contribution in [0.15, 0.2) is 24.5 Å². The smallest absolute Gasteiger partial charge is 0.0568 e. The number of hydrogen-bond donors (Lipinski definition) is 1. The highest BCUT2D eigenvalue weighted by molar-refractivity contribution is 5.11. The van der Waals surface area contributed by atoms with Crippen LogP contribution in [-0.2, 0) is 11.3 Å². The quantitative estimate of drug-likeness (QED) is 0.900. The number of likely N-dealkylation sites (N-methyl/N-ethyl adjacent to an activating group) is 1. The van der Waals surface area contributed by atoms with Crippen molar-refractivity contribution in [2.45, 2.75) is 51.0 Å². The summed E-state index contributed by atoms with van der Waals surface area (Å²) in [5.74, 6) is 0. The van der Waals surface area contributed by atoms with Crippen LogP contribution in [0.4, 0.5) is 0 Å². The van der Waals surface area contributed by atoms with Crippen molar-refractivity contribution in [2.75, 3.05) is 13.6 Å². The molecule has 2 rings (SSSR count). The lowest BCUT2D eigenvalue weighted by Crippen LogP contribution is -2.58. The van der Waals surface area contributed by atoms with Crippen molar-refractivity contribution < 1.29 is 4.74 Å². The molecule has 2 N–H and O–H groups in total. The van der Waals surface area contributed by atoms with Crippen LogP contribution in [0.5, 0.6) is 0 Å². The van der Waals surface area contributed by atoms with E-state index in [0.29, 0.717) is 6.54 Å². The second-order valence-corrected chi connectivity index (χ2v) is 5.81. The van der Waals surface area contributed by atoms with Crippen LogP contribution >= 0.6 is 0 Å². The molecule has 19 heavy (non-hydrogen) atoms. The molecule has 1 aliphatic heterocycles. The molecule has 4 nitrogen and oxygen atoms in total. The summed E-state index contributed by atoms with van der Waals surface area (Å²) < 4.78 is 5.85. The van der Waals surface area contributed by atoms with Gasteiger partial charge in [0, 0.05) is 31.0 Å². The fourth-order valence-corrected chi connectivity index (χ4v) is 3.21. The van der Waals surface area contributed by atoms with Gasteiger partial charge in [0.15, 0.2) is 0 Å². The highest BCUT2D eigenvalue weighted by Gasteiger charge is 2.40. The van der Waals surface area contributed by atoms with Crippen molar-refractivity contribution in [1.29, 1.82) is 0 Å². The molecular formula is C15H25N3O. The Kier molecular flexibility index (Phi) is 4.55. The van der Waals surface area contributed by atoms with Gasteiger partial charge in [0.25, 0.3) is 0 Å². The maximum absolute atomic E-state index is 6.11. The van der Waals surface area contributed by atoms with E-state index in [0.717, 1.165) is 19.4 Å². The number of aromatic nitrogens is 1. The second kappa shape index (κ2) is 5.99. The third kappa shape index (κ3) is 3.32. The lowest BCUT2D eigenvalue weighted by atomic mass is 9.82. The molecule has 106 valence electrons. The van der Waals surface area contributed by atoms with Crippen LogP contribution in [0.3, 0.4) is 0 Å². The molecule has 0 saturated carbocycles. The highest BCUT2D eigenvalue weighted by atomic mass is 16.5. The summed E-state index contributed by atoms with van der Waals surface area (Å²) in [6, 6.07) is 4.12. The third-order valence-electron chi connectivity index (χ3n) is 4.16. The summed E-state index contributed by atoms with van der Waals surface area (Å²) in [5.41, 5.74) is 7.42. The first kappa shape index (κ1) is 14.4. The summed E-state index contributed by atoms with van der Waals surface area (Å²) in [4.78, 5) is 6.45. The lowest BCUT2D eigenvalue weighted by Gasteiger charge is -2.48. The molecule has 1 aromatic heterocycles. The minimum atomic E-state index is 0.0420. The molecule has 0 amide bonds. The number of hydrogen-bond acceptors (Lipinski definition) is 4. The van der Waals surface area contributed by atoms with E-state index in [1.54, 1.807) is 0 Å². The molecule has 0 radical (unpaired) electrons. The predicted octanol–water partition coefficient (Wildman–Crippen LogP) is 1.80. The Bertz CT molecular complexity index is 386. The fourth-order valence-electron chi connectivity index (χ4n) is 3.21. The van der Waals surface area contributed by atoms with Crippen LogP contribution in [0.2, 0.25) is 0 Å². The third-order valence-corrected chi connectivity index (χ3v) is 4.16. The molecule has 2 atom stereocenters. The van der Waals surface area contributed by atoms with E-state index in [2.05, 4.69) is 42.9 Å². The Morgan fingerprint density at radius 2 is 1.89 bits per heavy atom. The topological polar surface area (TPSA) is 51.4 Å². The maximum atomic E-state index is 6.11. The summed E-state index contributed by atoms with van der Waals surface area (Å²) in [6.07, 6.45) is 6.21. The number of pyridine rings is 1. The largest absolute Gasteiger partial charge is 0.375 e. The fraction of sp³-hybridized carbons (Fsp3) is 0.667. The molecule has 0 bridgehead atoms. The molecule has 2 heterocycles. The SMILES string of the molecule is CC1CC(CN)(N(C)Cc2ccncc2)CC(C)O1. The van der Waals surface area contributed by atoms with E-state index in [4.69, 9.17) is 10.5 Å². The van der Waals surface area contributed by atoms with Crippen LogP contribution < -0.4 is 5.73 Å². The minimum Gasteiger partial charge on any atom is -0.375 e. The van der Waals surface area contributed by atoms with Gasteiger partial charge in [-0.15, -0.1) is 0 Å². The Labute approximate surface area is 116 Å². The molecular weight excluding hydrogens is 238 g/mol. The molecule has 2 unspecified atom stereocenters. The van der Waals surface area contributed by atoms with Crippen LogP contribution in [-0.4, -0.2) is 41.2 Å². The summed E-state index contributed by atoms with van der Waals surface area (Å²) in [6.45, 7) is 5.85. The molecule has 4 heteroatoms. The molecule has 0 aromatic carbocycles. The van der Waals surface area contributed by atoms with E-state index in [1.165, 1.54) is 5.56 Å². The minimum absolute atomic E-state index is 0.0420. The zero-order valence-corrected chi connectivity index (χ0v) is 12.2. The zero-order valence-electron chi connectivity index (χ0n) is 12.2. The van der Waals surface area contributed by atoms with Crippen molar-refractivity contribution in [2.24, 2.45) is 5.73 Å². The summed E-state index contributed by atoms with van der Waals surface area (Å²) >= 11 is 0. The molecule has 1 fully saturated rings. The van der Waals surface area contributed by atoms with E-state index in [-0.39, 0.29) is 17.7 Å². The molecule has 0 spiro atoms. The van der Waals surface area contributed by atoms with Crippen molar-refractivity contribution in [3.63, 3.8) is 0 Å². The average molecular weight is 263 g/mol. The van der Waals surface area contributed by atoms with Gasteiger partial charge in [-0.05, 0) is 51.4 Å². The average Bonchev–Trinajstić information content (AvgIpc) is 2.38. The van der Waals surface area contributed by atoms with Gasteiger partial charge in [-0.2, -0.15) is 0 Å². The van der Waals surface area contributed by atoms with Crippen LogP contribution in [0, 0.1) is 0 Å². The van der Waals surface area contributed by atoms with E-state index in [1.807, 2.05) is 12.4 Å². The van der Waals surface area contributed by atoms with Gasteiger partial charge < -0.3 is 10.5 Å². The normalized spacial score (nSPS) is 31.6. The first-order valence-electron chi connectivity index (χ1n) is 7.01. The standard InChI is InChI=1S/C15H25N3O/c1-12-8-15(11-16,9-13(2)19-12)18(3)10-14-4-6-17-7-5-14/h4-7,12-13H,8-11,16H2,1-3H3. The summed E-state index contributed by atoms with van der Waals surface area (Å²) in [5, 5.41) is 0. The van der Waals surface area contributed by atoms with Gasteiger partial charge >= 0.3 is 0 Å². The monoisotopic (exact) mass is 263 g/mol. The first-order valence-corrected chi connectivity index (χ1v) is 7.01. The molecule has 1 aliphatic rings. The lowest BCUT2D eigenvalue weighted by molar-refractivity contribution is -0.0993.